The monoisotopic (exact) mass is 393 g/mol. The predicted octanol–water partition coefficient (Wildman–Crippen LogP) is 3.78. The zero-order valence-electron chi connectivity index (χ0n) is 14.5. The minimum atomic E-state index is -1.01. The second kappa shape index (κ2) is 8.59. The van der Waals surface area contributed by atoms with Crippen molar-refractivity contribution < 1.29 is 18.9 Å². The lowest BCUT2D eigenvalue weighted by Gasteiger charge is -2.22. The van der Waals surface area contributed by atoms with Crippen LogP contribution in [0.5, 0.6) is 0 Å². The van der Waals surface area contributed by atoms with E-state index < -0.39 is 34.3 Å². The van der Waals surface area contributed by atoms with Crippen LogP contribution < -0.4 is 10.6 Å². The molecule has 9 heteroatoms. The fourth-order valence-corrected chi connectivity index (χ4v) is 2.57. The molecular weight excluding hydrogens is 377 g/mol. The molecule has 0 aliphatic rings. The molecule has 0 saturated heterocycles. The Morgan fingerprint density at radius 1 is 1.19 bits per heavy atom. The first kappa shape index (κ1) is 20.3. The molecule has 0 aromatic heterocycles. The Labute approximate surface area is 159 Å². The summed E-state index contributed by atoms with van der Waals surface area (Å²) in [5.74, 6) is -2.41. The molecule has 0 heterocycles. The van der Waals surface area contributed by atoms with Crippen molar-refractivity contribution >= 4 is 34.8 Å². The summed E-state index contributed by atoms with van der Waals surface area (Å²) in [5.41, 5.74) is -0.491. The van der Waals surface area contributed by atoms with Crippen molar-refractivity contribution in [3.63, 3.8) is 0 Å². The molecule has 2 rings (SSSR count). The Hall–Kier alpha value is -3.00. The lowest BCUT2D eigenvalue weighted by Crippen LogP contribution is -2.47. The van der Waals surface area contributed by atoms with Crippen LogP contribution in [0, 0.1) is 21.8 Å². The van der Waals surface area contributed by atoms with Crippen LogP contribution in [0.1, 0.15) is 24.2 Å². The maximum atomic E-state index is 13.4. The van der Waals surface area contributed by atoms with E-state index in [1.54, 1.807) is 32.0 Å². The lowest BCUT2D eigenvalue weighted by molar-refractivity contribution is -0.387. The molecule has 0 aliphatic heterocycles. The van der Waals surface area contributed by atoms with Gasteiger partial charge in [-0.15, -0.1) is 0 Å². The van der Waals surface area contributed by atoms with Crippen LogP contribution in [0.3, 0.4) is 0 Å². The number of halogens is 2. The van der Waals surface area contributed by atoms with E-state index in [4.69, 9.17) is 11.6 Å². The number of hydrogen-bond donors (Lipinski definition) is 2. The first-order valence-corrected chi connectivity index (χ1v) is 8.38. The van der Waals surface area contributed by atoms with Gasteiger partial charge in [0.05, 0.1) is 15.5 Å². The summed E-state index contributed by atoms with van der Waals surface area (Å²) >= 11 is 5.99. The summed E-state index contributed by atoms with van der Waals surface area (Å²) in [4.78, 5) is 34.9. The van der Waals surface area contributed by atoms with Gasteiger partial charge in [0.2, 0.25) is 11.7 Å². The van der Waals surface area contributed by atoms with Gasteiger partial charge in [-0.1, -0.05) is 37.6 Å². The number of rotatable bonds is 6. The van der Waals surface area contributed by atoms with Crippen LogP contribution in [-0.4, -0.2) is 22.8 Å². The summed E-state index contributed by atoms with van der Waals surface area (Å²) in [5, 5.41) is 16.1. The quantitative estimate of drug-likeness (QED) is 0.576. The average molecular weight is 394 g/mol. The molecule has 1 atom stereocenters. The third-order valence-corrected chi connectivity index (χ3v) is 4.09. The van der Waals surface area contributed by atoms with Crippen molar-refractivity contribution in [2.24, 2.45) is 5.92 Å². The molecule has 0 radical (unpaired) electrons. The fraction of sp³-hybridized carbons (Fsp3) is 0.222. The van der Waals surface area contributed by atoms with Crippen LogP contribution in [0.2, 0.25) is 5.02 Å². The van der Waals surface area contributed by atoms with Gasteiger partial charge < -0.3 is 10.6 Å². The number of carbonyl (C=O) groups excluding carboxylic acids is 2. The van der Waals surface area contributed by atoms with Crippen LogP contribution in [0.15, 0.2) is 42.5 Å². The van der Waals surface area contributed by atoms with Crippen molar-refractivity contribution in [2.45, 2.75) is 19.9 Å². The van der Waals surface area contributed by atoms with E-state index in [1.165, 1.54) is 12.1 Å². The molecule has 7 nitrogen and oxygen atoms in total. The topological polar surface area (TPSA) is 101 Å². The summed E-state index contributed by atoms with van der Waals surface area (Å²) in [6.07, 6.45) is 0. The van der Waals surface area contributed by atoms with Gasteiger partial charge in [0.25, 0.3) is 5.91 Å². The zero-order chi connectivity index (χ0) is 20.1. The Bertz CT molecular complexity index is 889. The number of nitrogens with zero attached hydrogens (tertiary/aromatic N) is 1. The van der Waals surface area contributed by atoms with Crippen molar-refractivity contribution in [3.8, 4) is 0 Å². The predicted molar refractivity (Wildman–Crippen MR) is 99.2 cm³/mol. The molecule has 2 aromatic rings. The summed E-state index contributed by atoms with van der Waals surface area (Å²) in [6.45, 7) is 3.45. The fourth-order valence-electron chi connectivity index (χ4n) is 2.35. The van der Waals surface area contributed by atoms with E-state index in [9.17, 15) is 24.1 Å². The molecule has 0 fully saturated rings. The molecule has 27 heavy (non-hydrogen) atoms. The van der Waals surface area contributed by atoms with E-state index in [2.05, 4.69) is 10.6 Å². The minimum absolute atomic E-state index is 0.0470. The molecule has 2 amide bonds. The molecule has 0 saturated carbocycles. The van der Waals surface area contributed by atoms with Crippen molar-refractivity contribution in [3.05, 3.63) is 69.0 Å². The Morgan fingerprint density at radius 2 is 1.85 bits per heavy atom. The number of nitrogens with one attached hydrogen (secondary N) is 2. The molecular formula is C18H17ClFN3O4. The number of carbonyl (C=O) groups is 2. The maximum absolute atomic E-state index is 13.4. The molecule has 2 aromatic carbocycles. The third kappa shape index (κ3) is 5.01. The summed E-state index contributed by atoms with van der Waals surface area (Å²) in [6, 6.07) is 8.47. The Balaban J connectivity index is 2.18. The number of benzene rings is 2. The molecule has 0 unspecified atom stereocenters. The van der Waals surface area contributed by atoms with E-state index in [0.717, 1.165) is 12.1 Å². The van der Waals surface area contributed by atoms with Crippen molar-refractivity contribution in [1.29, 1.82) is 0 Å². The van der Waals surface area contributed by atoms with E-state index in [-0.39, 0.29) is 22.2 Å². The molecule has 2 N–H and O–H groups in total. The Morgan fingerprint density at radius 3 is 2.44 bits per heavy atom. The van der Waals surface area contributed by atoms with Gasteiger partial charge in [0.15, 0.2) is 0 Å². The summed E-state index contributed by atoms with van der Waals surface area (Å²) in [7, 11) is 0. The molecule has 0 aliphatic carbocycles. The molecule has 0 bridgehead atoms. The van der Waals surface area contributed by atoms with E-state index >= 15 is 0 Å². The standard InChI is InChI=1S/C18H17ClFN3O4/c1-10(2)16(22-17(24)12-5-3-4-6-13(12)19)18(25)21-11-7-8-14(20)15(9-11)23(26)27/h3-10,16H,1-2H3,(H,21,25)(H,22,24)/t16-/m0/s1. The van der Waals surface area contributed by atoms with Gasteiger partial charge in [-0.25, -0.2) is 0 Å². The highest BCUT2D eigenvalue weighted by atomic mass is 35.5. The van der Waals surface area contributed by atoms with E-state index in [0.29, 0.717) is 0 Å². The van der Waals surface area contributed by atoms with Gasteiger partial charge in [-0.3, -0.25) is 19.7 Å². The summed E-state index contributed by atoms with van der Waals surface area (Å²) < 4.78 is 13.4. The Kier molecular flexibility index (Phi) is 6.46. The van der Waals surface area contributed by atoms with Gasteiger partial charge in [0.1, 0.15) is 6.04 Å². The first-order valence-electron chi connectivity index (χ1n) is 8.01. The van der Waals surface area contributed by atoms with Crippen LogP contribution in [-0.2, 0) is 4.79 Å². The SMILES string of the molecule is CC(C)[C@H](NC(=O)c1ccccc1Cl)C(=O)Nc1ccc(F)c([N+](=O)[O-])c1. The number of amides is 2. The first-order chi connectivity index (χ1) is 12.7. The van der Waals surface area contributed by atoms with Gasteiger partial charge in [-0.05, 0) is 30.2 Å². The zero-order valence-corrected chi connectivity index (χ0v) is 15.3. The highest BCUT2D eigenvalue weighted by Crippen LogP contribution is 2.22. The molecule has 142 valence electrons. The van der Waals surface area contributed by atoms with Crippen molar-refractivity contribution in [1.82, 2.24) is 5.32 Å². The third-order valence-electron chi connectivity index (χ3n) is 3.76. The largest absolute Gasteiger partial charge is 0.340 e. The maximum Gasteiger partial charge on any atom is 0.306 e. The lowest BCUT2D eigenvalue weighted by atomic mass is 10.0. The van der Waals surface area contributed by atoms with Crippen LogP contribution >= 0.6 is 11.6 Å². The van der Waals surface area contributed by atoms with Crippen molar-refractivity contribution in [2.75, 3.05) is 5.32 Å². The minimum Gasteiger partial charge on any atom is -0.340 e. The number of hydrogen-bond acceptors (Lipinski definition) is 4. The van der Waals surface area contributed by atoms with Gasteiger partial charge in [-0.2, -0.15) is 4.39 Å². The smallest absolute Gasteiger partial charge is 0.306 e. The highest BCUT2D eigenvalue weighted by Gasteiger charge is 2.26. The number of anilines is 1. The highest BCUT2D eigenvalue weighted by molar-refractivity contribution is 6.33. The average Bonchev–Trinajstić information content (AvgIpc) is 2.60. The second-order valence-electron chi connectivity index (χ2n) is 6.09. The molecule has 0 spiro atoms. The number of nitro groups is 1. The normalized spacial score (nSPS) is 11.7. The van der Waals surface area contributed by atoms with Crippen LogP contribution in [0.4, 0.5) is 15.8 Å². The van der Waals surface area contributed by atoms with Crippen LogP contribution in [0.25, 0.3) is 0 Å². The second-order valence-corrected chi connectivity index (χ2v) is 6.49. The van der Waals surface area contributed by atoms with Gasteiger partial charge >= 0.3 is 5.69 Å². The van der Waals surface area contributed by atoms with Gasteiger partial charge in [0, 0.05) is 11.8 Å². The van der Waals surface area contributed by atoms with E-state index in [1.807, 2.05) is 0 Å². The number of nitro benzene ring substituents is 1.